The molecule has 2 fully saturated rings. The number of fused-ring (bicyclic) bond motifs is 2. The lowest BCUT2D eigenvalue weighted by Gasteiger charge is -2.40. The van der Waals surface area contributed by atoms with Gasteiger partial charge in [-0.05, 0) is 50.7 Å². The van der Waals surface area contributed by atoms with Gasteiger partial charge in [0, 0.05) is 35.7 Å². The van der Waals surface area contributed by atoms with Crippen LogP contribution in [0.1, 0.15) is 114 Å². The van der Waals surface area contributed by atoms with Gasteiger partial charge >= 0.3 is 12.2 Å². The first-order valence-electron chi connectivity index (χ1n) is 24.4. The number of nitrogens with one attached hydrogen (secondary N) is 2. The van der Waals surface area contributed by atoms with E-state index in [0.29, 0.717) is 38.0 Å². The average Bonchev–Trinajstić information content (AvgIpc) is 3.99. The number of ether oxygens (including phenoxy) is 2. The van der Waals surface area contributed by atoms with E-state index in [1.54, 1.807) is 13.8 Å². The lowest BCUT2D eigenvalue weighted by molar-refractivity contribution is -0.137. The van der Waals surface area contributed by atoms with Crippen LogP contribution in [-0.4, -0.2) is 90.0 Å². The average molecular weight is 963 g/mol. The molecule has 16 heteroatoms. The molecule has 2 aliphatic carbocycles. The molecule has 4 atom stereocenters. The van der Waals surface area contributed by atoms with Crippen molar-refractivity contribution < 1.29 is 28.7 Å². The molecule has 2 N–H and O–H groups in total. The van der Waals surface area contributed by atoms with Gasteiger partial charge in [-0.2, -0.15) is 10.2 Å². The van der Waals surface area contributed by atoms with Gasteiger partial charge in [0.15, 0.2) is 0 Å². The molecule has 0 saturated heterocycles. The van der Waals surface area contributed by atoms with Crippen molar-refractivity contribution in [2.24, 2.45) is 11.8 Å². The van der Waals surface area contributed by atoms with Crippen LogP contribution in [0.5, 0.6) is 0 Å². The van der Waals surface area contributed by atoms with Crippen LogP contribution in [0.3, 0.4) is 0 Å². The molecule has 2 aliphatic heterocycles. The molecule has 4 aliphatic rings. The Bertz CT molecular complexity index is 2230. The van der Waals surface area contributed by atoms with Crippen molar-refractivity contribution in [1.29, 1.82) is 0 Å². The number of hydrogen-bond donors (Lipinski definition) is 2. The van der Waals surface area contributed by atoms with E-state index >= 15 is 0 Å². The highest BCUT2D eigenvalue weighted by atomic mass is 33.1. The normalized spacial score (nSPS) is 19.5. The number of aromatic nitrogens is 4. The summed E-state index contributed by atoms with van der Waals surface area (Å²) in [7, 11) is 2.71. The van der Waals surface area contributed by atoms with Crippen molar-refractivity contribution in [2.75, 3.05) is 24.6 Å². The summed E-state index contributed by atoms with van der Waals surface area (Å²) >= 11 is 0. The van der Waals surface area contributed by atoms with Gasteiger partial charge in [-0.25, -0.2) is 9.59 Å². The zero-order valence-corrected chi connectivity index (χ0v) is 41.1. The van der Waals surface area contributed by atoms with Crippen molar-refractivity contribution in [3.63, 3.8) is 0 Å². The molecule has 2 saturated carbocycles. The number of hydrogen-bond acceptors (Lipinski definition) is 10. The molecular formula is C52H66N8O6S2. The molecule has 4 heterocycles. The fourth-order valence-electron chi connectivity index (χ4n) is 10.4. The summed E-state index contributed by atoms with van der Waals surface area (Å²) in [5.41, 5.74) is 5.75. The lowest BCUT2D eigenvalue weighted by Crippen LogP contribution is -2.54. The summed E-state index contributed by atoms with van der Waals surface area (Å²) < 4.78 is 14.8. The first-order chi connectivity index (χ1) is 33.0. The number of amides is 4. The summed E-state index contributed by atoms with van der Waals surface area (Å²) in [4.78, 5) is 60.3. The van der Waals surface area contributed by atoms with E-state index in [0.717, 1.165) is 72.4 Å². The van der Waals surface area contributed by atoms with Crippen LogP contribution in [0.4, 0.5) is 9.59 Å². The number of rotatable bonds is 17. The maximum atomic E-state index is 15.0. The second-order valence-corrected chi connectivity index (χ2v) is 21.4. The maximum Gasteiger partial charge on any atom is 0.412 e. The summed E-state index contributed by atoms with van der Waals surface area (Å²) in [6, 6.07) is 22.0. The second-order valence-electron chi connectivity index (χ2n) is 18.8. The zero-order valence-electron chi connectivity index (χ0n) is 39.5. The number of benzene rings is 2. The Hall–Kier alpha value is -5.48. The molecule has 0 bridgehead atoms. The highest BCUT2D eigenvalue weighted by Crippen LogP contribution is 2.41. The van der Waals surface area contributed by atoms with E-state index in [1.165, 1.54) is 60.1 Å². The Labute approximate surface area is 408 Å². The Morgan fingerprint density at radius 1 is 0.603 bits per heavy atom. The third kappa shape index (κ3) is 12.4. The highest BCUT2D eigenvalue weighted by Gasteiger charge is 2.40. The van der Waals surface area contributed by atoms with E-state index < -0.39 is 24.3 Å². The number of allylic oxidation sites excluding steroid dienone is 2. The molecule has 0 unspecified atom stereocenters. The molecule has 8 rings (SSSR count). The van der Waals surface area contributed by atoms with Crippen molar-refractivity contribution in [2.45, 2.75) is 128 Å². The summed E-state index contributed by atoms with van der Waals surface area (Å²) in [6.45, 7) is 12.5. The van der Waals surface area contributed by atoms with Crippen LogP contribution in [0.15, 0.2) is 97.5 Å². The van der Waals surface area contributed by atoms with Gasteiger partial charge in [0.2, 0.25) is 11.8 Å². The largest absolute Gasteiger partial charge is 0.416 e. The maximum absolute atomic E-state index is 15.0. The zero-order chi connectivity index (χ0) is 47.6. The topological polar surface area (TPSA) is 153 Å². The Morgan fingerprint density at radius 3 is 1.35 bits per heavy atom. The number of carbonyl (C=O) groups excluding carboxylic acids is 4. The third-order valence-electron chi connectivity index (χ3n) is 13.7. The summed E-state index contributed by atoms with van der Waals surface area (Å²) in [6.07, 6.45) is 11.7. The van der Waals surface area contributed by atoms with Gasteiger partial charge in [0.1, 0.15) is 12.1 Å². The van der Waals surface area contributed by atoms with Gasteiger partial charge in [-0.15, -0.1) is 0 Å². The Balaban J connectivity index is 1.01. The molecule has 0 spiro atoms. The van der Waals surface area contributed by atoms with Gasteiger partial charge in [0.25, 0.3) is 0 Å². The SMILES string of the molecule is C=C(C)OC(=O)N[C@@H](CSSC[C@H](NC(=O)OC(=C)C)C(=O)N1CCn2nc(-c3ccccc3)cc2[C@@H]1CC1CCCCC1)C(=O)N1CCn2nc(-c3ccccc3)cc2[C@@H]1CC1CCCCC1. The third-order valence-corrected chi connectivity index (χ3v) is 16.1. The fourth-order valence-corrected chi connectivity index (χ4v) is 12.7. The lowest BCUT2D eigenvalue weighted by atomic mass is 9.83. The molecular weight excluding hydrogens is 897 g/mol. The minimum atomic E-state index is -0.965. The molecule has 2 aromatic carbocycles. The van der Waals surface area contributed by atoms with Crippen molar-refractivity contribution in [3.8, 4) is 22.5 Å². The van der Waals surface area contributed by atoms with Crippen LogP contribution in [0.25, 0.3) is 22.5 Å². The van der Waals surface area contributed by atoms with E-state index in [9.17, 15) is 19.2 Å². The number of nitrogens with zero attached hydrogens (tertiary/aromatic N) is 6. The minimum absolute atomic E-state index is 0.169. The van der Waals surface area contributed by atoms with E-state index in [1.807, 2.05) is 79.8 Å². The van der Waals surface area contributed by atoms with Gasteiger partial charge in [-0.1, -0.05) is 160 Å². The number of alkyl carbamates (subject to hydrolysis) is 2. The molecule has 4 aromatic rings. The van der Waals surface area contributed by atoms with Crippen LogP contribution >= 0.6 is 21.6 Å². The smallest absolute Gasteiger partial charge is 0.412 e. The Morgan fingerprint density at radius 2 is 0.985 bits per heavy atom. The molecule has 362 valence electrons. The standard InChI is InChI=1S/C52H66N8O6S2/c1-35(2)65-51(63)53-43(49(61)57-25-27-59-47(45(57)29-37-17-9-5-10-18-37)31-41(55-59)39-21-13-7-14-22-39)33-67-68-34-44(54-52(64)66-36(3)4)50(62)58-26-28-60-48(46(58)30-38-19-11-6-12-20-38)32-42(56-60)40-23-15-8-16-24-40/h7-8,13-16,21-24,31-32,37-38,43-46H,1,3,5-6,9-12,17-20,25-30,33-34H2,2,4H3,(H,53,63)(H,54,64)/t43-,44-,45-,46-/m0/s1. The van der Waals surface area contributed by atoms with Gasteiger partial charge in [-0.3, -0.25) is 19.0 Å². The van der Waals surface area contributed by atoms with Crippen LogP contribution in [-0.2, 0) is 32.2 Å². The molecule has 68 heavy (non-hydrogen) atoms. The first-order valence-corrected chi connectivity index (χ1v) is 26.9. The van der Waals surface area contributed by atoms with Crippen LogP contribution < -0.4 is 10.6 Å². The van der Waals surface area contributed by atoms with Gasteiger partial charge < -0.3 is 29.9 Å². The molecule has 0 radical (unpaired) electrons. The van der Waals surface area contributed by atoms with Crippen LogP contribution in [0, 0.1) is 11.8 Å². The minimum Gasteiger partial charge on any atom is -0.416 e. The first kappa shape index (κ1) is 49.0. The number of carbonyl (C=O) groups is 4. The molecule has 14 nitrogen and oxygen atoms in total. The predicted molar refractivity (Wildman–Crippen MR) is 268 cm³/mol. The van der Waals surface area contributed by atoms with Crippen molar-refractivity contribution in [3.05, 3.63) is 109 Å². The predicted octanol–water partition coefficient (Wildman–Crippen LogP) is 10.5. The van der Waals surface area contributed by atoms with Crippen LogP contribution in [0.2, 0.25) is 0 Å². The van der Waals surface area contributed by atoms with Gasteiger partial charge in [0.05, 0.1) is 59.5 Å². The van der Waals surface area contributed by atoms with E-state index in [2.05, 4.69) is 35.9 Å². The van der Waals surface area contributed by atoms with E-state index in [4.69, 9.17) is 19.7 Å². The summed E-state index contributed by atoms with van der Waals surface area (Å²) in [5.74, 6) is 1.23. The quantitative estimate of drug-likeness (QED) is 0.0594. The van der Waals surface area contributed by atoms with Crippen molar-refractivity contribution >= 4 is 45.6 Å². The second kappa shape index (κ2) is 23.2. The molecule has 4 amide bonds. The van der Waals surface area contributed by atoms with Crippen molar-refractivity contribution in [1.82, 2.24) is 40.0 Å². The highest BCUT2D eigenvalue weighted by molar-refractivity contribution is 8.76. The molecule has 2 aromatic heterocycles. The monoisotopic (exact) mass is 962 g/mol. The summed E-state index contributed by atoms with van der Waals surface area (Å²) in [5, 5.41) is 15.7. The van der Waals surface area contributed by atoms with E-state index in [-0.39, 0.29) is 46.9 Å². The Kier molecular flexibility index (Phi) is 16.7. The fraction of sp³-hybridized carbons (Fsp3) is 0.500.